The number of rotatable bonds is 2. The van der Waals surface area contributed by atoms with Crippen LogP contribution in [0.2, 0.25) is 0 Å². The molecule has 0 aliphatic carbocycles. The molecule has 1 aliphatic rings. The summed E-state index contributed by atoms with van der Waals surface area (Å²) >= 11 is 0. The van der Waals surface area contributed by atoms with Crippen molar-refractivity contribution >= 4 is 16.9 Å². The summed E-state index contributed by atoms with van der Waals surface area (Å²) in [6.07, 6.45) is 6.04. The molecule has 122 valence electrons. The van der Waals surface area contributed by atoms with E-state index in [9.17, 15) is 9.59 Å². The number of carbonyl (C=O) groups excluding carboxylic acids is 1. The highest BCUT2D eigenvalue weighted by Gasteiger charge is 2.27. The van der Waals surface area contributed by atoms with E-state index >= 15 is 0 Å². The molecule has 1 saturated heterocycles. The summed E-state index contributed by atoms with van der Waals surface area (Å²) < 4.78 is 1.82. The van der Waals surface area contributed by atoms with Crippen LogP contribution in [-0.2, 0) is 0 Å². The molecule has 1 N–H and O–H groups in total. The van der Waals surface area contributed by atoms with E-state index in [0.717, 1.165) is 23.9 Å². The highest BCUT2D eigenvalue weighted by Crippen LogP contribution is 2.25. The topological polar surface area (TPSA) is 83.9 Å². The highest BCUT2D eigenvalue weighted by atomic mass is 16.2. The van der Waals surface area contributed by atoms with Gasteiger partial charge in [-0.05, 0) is 25.0 Å². The van der Waals surface area contributed by atoms with Crippen LogP contribution in [0.5, 0.6) is 0 Å². The number of amides is 1. The van der Waals surface area contributed by atoms with Gasteiger partial charge in [0.15, 0.2) is 0 Å². The number of aromatic amines is 1. The first-order valence-corrected chi connectivity index (χ1v) is 7.98. The van der Waals surface area contributed by atoms with E-state index in [1.807, 2.05) is 28.8 Å². The van der Waals surface area contributed by atoms with Crippen molar-refractivity contribution in [1.82, 2.24) is 24.4 Å². The van der Waals surface area contributed by atoms with Gasteiger partial charge in [-0.25, -0.2) is 9.78 Å². The third-order valence-corrected chi connectivity index (χ3v) is 4.52. The lowest BCUT2D eigenvalue weighted by Crippen LogP contribution is -2.40. The van der Waals surface area contributed by atoms with Gasteiger partial charge in [-0.2, -0.15) is 0 Å². The summed E-state index contributed by atoms with van der Waals surface area (Å²) in [6.45, 7) is 1.21. The number of benzene rings is 1. The van der Waals surface area contributed by atoms with E-state index in [2.05, 4.69) is 15.0 Å². The second kappa shape index (κ2) is 5.92. The predicted octanol–water partition coefficient (Wildman–Crippen LogP) is 1.60. The Balaban J connectivity index is 1.53. The number of hydrogen-bond donors (Lipinski definition) is 1. The van der Waals surface area contributed by atoms with Crippen molar-refractivity contribution in [2.24, 2.45) is 0 Å². The maximum atomic E-state index is 12.4. The van der Waals surface area contributed by atoms with Crippen LogP contribution in [0, 0.1) is 0 Å². The molecule has 1 amide bonds. The van der Waals surface area contributed by atoms with Crippen molar-refractivity contribution in [3.05, 3.63) is 59.0 Å². The minimum Gasteiger partial charge on any atom is -0.337 e. The number of fused-ring (bicyclic) bond motifs is 1. The first-order chi connectivity index (χ1) is 11.7. The fourth-order valence-electron chi connectivity index (χ4n) is 3.34. The zero-order valence-electron chi connectivity index (χ0n) is 13.1. The standard InChI is InChI=1S/C17H17N5O2/c23-16(14-11-18-7-8-19-14)21-9-5-12(6-10-21)22-15-4-2-1-3-13(15)20-17(22)24/h1-4,7-8,11-12H,5-6,9-10H2,(H,20,24). The number of carbonyl (C=O) groups is 1. The van der Waals surface area contributed by atoms with Gasteiger partial charge in [0.25, 0.3) is 5.91 Å². The van der Waals surface area contributed by atoms with Crippen molar-refractivity contribution in [2.45, 2.75) is 18.9 Å². The smallest absolute Gasteiger partial charge is 0.326 e. The van der Waals surface area contributed by atoms with E-state index in [1.54, 1.807) is 11.1 Å². The van der Waals surface area contributed by atoms with Gasteiger partial charge < -0.3 is 9.88 Å². The van der Waals surface area contributed by atoms with Gasteiger partial charge in [0.1, 0.15) is 5.69 Å². The molecule has 1 aliphatic heterocycles. The number of nitrogens with zero attached hydrogens (tertiary/aromatic N) is 4. The van der Waals surface area contributed by atoms with Gasteiger partial charge in [0, 0.05) is 31.5 Å². The average molecular weight is 323 g/mol. The summed E-state index contributed by atoms with van der Waals surface area (Å²) in [5.74, 6) is -0.104. The number of piperidine rings is 1. The van der Waals surface area contributed by atoms with E-state index in [1.165, 1.54) is 12.4 Å². The molecule has 0 unspecified atom stereocenters. The van der Waals surface area contributed by atoms with Crippen molar-refractivity contribution in [3.8, 4) is 0 Å². The Morgan fingerprint density at radius 1 is 1.17 bits per heavy atom. The molecule has 0 spiro atoms. The molecule has 0 bridgehead atoms. The lowest BCUT2D eigenvalue weighted by molar-refractivity contribution is 0.0688. The highest BCUT2D eigenvalue weighted by molar-refractivity contribution is 5.92. The Morgan fingerprint density at radius 3 is 2.71 bits per heavy atom. The Bertz CT molecular complexity index is 923. The summed E-state index contributed by atoms with van der Waals surface area (Å²) in [6, 6.07) is 7.79. The van der Waals surface area contributed by atoms with Crippen LogP contribution in [0.4, 0.5) is 0 Å². The molecule has 4 rings (SSSR count). The number of hydrogen-bond acceptors (Lipinski definition) is 4. The largest absolute Gasteiger partial charge is 0.337 e. The number of H-pyrrole nitrogens is 1. The quantitative estimate of drug-likeness (QED) is 0.776. The van der Waals surface area contributed by atoms with Crippen LogP contribution in [-0.4, -0.2) is 43.4 Å². The van der Waals surface area contributed by atoms with Crippen molar-refractivity contribution in [1.29, 1.82) is 0 Å². The van der Waals surface area contributed by atoms with Crippen LogP contribution in [0.15, 0.2) is 47.7 Å². The van der Waals surface area contributed by atoms with Gasteiger partial charge in [-0.15, -0.1) is 0 Å². The predicted molar refractivity (Wildman–Crippen MR) is 88.8 cm³/mol. The summed E-state index contributed by atoms with van der Waals surface area (Å²) in [5.41, 5.74) is 2.04. The van der Waals surface area contributed by atoms with E-state index in [-0.39, 0.29) is 17.6 Å². The number of aromatic nitrogens is 4. The molecule has 3 aromatic rings. The number of imidazole rings is 1. The van der Waals surface area contributed by atoms with E-state index in [0.29, 0.717) is 18.8 Å². The summed E-state index contributed by atoms with van der Waals surface area (Å²) in [4.78, 5) is 37.4. The molecule has 7 nitrogen and oxygen atoms in total. The van der Waals surface area contributed by atoms with Gasteiger partial charge in [-0.3, -0.25) is 14.3 Å². The molecular formula is C17H17N5O2. The first-order valence-electron chi connectivity index (χ1n) is 7.98. The van der Waals surface area contributed by atoms with Gasteiger partial charge in [-0.1, -0.05) is 12.1 Å². The van der Waals surface area contributed by atoms with Crippen molar-refractivity contribution < 1.29 is 4.79 Å². The molecular weight excluding hydrogens is 306 g/mol. The van der Waals surface area contributed by atoms with Crippen LogP contribution < -0.4 is 5.69 Å². The lowest BCUT2D eigenvalue weighted by Gasteiger charge is -2.32. The second-order valence-electron chi connectivity index (χ2n) is 5.93. The summed E-state index contributed by atoms with van der Waals surface area (Å²) in [7, 11) is 0. The molecule has 0 radical (unpaired) electrons. The maximum Gasteiger partial charge on any atom is 0.326 e. The Morgan fingerprint density at radius 2 is 1.96 bits per heavy atom. The van der Waals surface area contributed by atoms with Gasteiger partial charge >= 0.3 is 5.69 Å². The second-order valence-corrected chi connectivity index (χ2v) is 5.93. The Kier molecular flexibility index (Phi) is 3.60. The third kappa shape index (κ3) is 2.47. The molecule has 7 heteroatoms. The molecule has 2 aromatic heterocycles. The Labute approximate surface area is 138 Å². The Hall–Kier alpha value is -2.96. The maximum absolute atomic E-state index is 12.4. The molecule has 24 heavy (non-hydrogen) atoms. The number of nitrogens with one attached hydrogen (secondary N) is 1. The van der Waals surface area contributed by atoms with Gasteiger partial charge in [0.2, 0.25) is 0 Å². The fraction of sp³-hybridized carbons (Fsp3) is 0.294. The summed E-state index contributed by atoms with van der Waals surface area (Å²) in [5, 5.41) is 0. The minimum absolute atomic E-state index is 0.0881. The zero-order valence-corrected chi connectivity index (χ0v) is 13.1. The normalized spacial score (nSPS) is 15.8. The van der Waals surface area contributed by atoms with Crippen LogP contribution >= 0.6 is 0 Å². The molecule has 0 saturated carbocycles. The van der Waals surface area contributed by atoms with Gasteiger partial charge in [0.05, 0.1) is 17.2 Å². The first kappa shape index (κ1) is 14.6. The van der Waals surface area contributed by atoms with Crippen LogP contribution in [0.25, 0.3) is 11.0 Å². The van der Waals surface area contributed by atoms with Crippen molar-refractivity contribution in [2.75, 3.05) is 13.1 Å². The zero-order chi connectivity index (χ0) is 16.5. The third-order valence-electron chi connectivity index (χ3n) is 4.52. The molecule has 1 fully saturated rings. The average Bonchev–Trinajstić information content (AvgIpc) is 2.98. The SMILES string of the molecule is O=C(c1cnccn1)N1CCC(n2c(=O)[nH]c3ccccc32)CC1. The van der Waals surface area contributed by atoms with Crippen LogP contribution in [0.3, 0.4) is 0 Å². The van der Waals surface area contributed by atoms with E-state index < -0.39 is 0 Å². The van der Waals surface area contributed by atoms with E-state index in [4.69, 9.17) is 0 Å². The number of likely N-dealkylation sites (tertiary alicyclic amines) is 1. The lowest BCUT2D eigenvalue weighted by atomic mass is 10.0. The molecule has 3 heterocycles. The van der Waals surface area contributed by atoms with Crippen LogP contribution in [0.1, 0.15) is 29.4 Å². The molecule has 0 atom stereocenters. The fourth-order valence-corrected chi connectivity index (χ4v) is 3.34. The monoisotopic (exact) mass is 323 g/mol. The molecule has 1 aromatic carbocycles. The minimum atomic E-state index is -0.104. The number of para-hydroxylation sites is 2. The van der Waals surface area contributed by atoms with Crippen molar-refractivity contribution in [3.63, 3.8) is 0 Å².